The second-order valence-electron chi connectivity index (χ2n) is 6.66. The number of hydrogen-bond acceptors (Lipinski definition) is 3. The molecule has 23 heavy (non-hydrogen) atoms. The highest BCUT2D eigenvalue weighted by molar-refractivity contribution is 5.67. The van der Waals surface area contributed by atoms with Gasteiger partial charge in [-0.1, -0.05) is 25.1 Å². The molecule has 7 heteroatoms. The van der Waals surface area contributed by atoms with E-state index in [1.807, 2.05) is 0 Å². The van der Waals surface area contributed by atoms with Crippen LogP contribution in [0.4, 0.5) is 18.0 Å². The molecule has 0 saturated heterocycles. The van der Waals surface area contributed by atoms with E-state index in [-0.39, 0.29) is 18.7 Å². The van der Waals surface area contributed by atoms with Gasteiger partial charge in [0.1, 0.15) is 5.60 Å². The van der Waals surface area contributed by atoms with E-state index in [4.69, 9.17) is 10.5 Å². The molecule has 1 rings (SSSR count). The standard InChI is InChI=1S/C16H23F3N2O2/c1-14(2,3)23-13(22)21-10-15(4,9-20)11-7-5-6-8-12(11)16(17,18)19/h5-8H,9-10,20H2,1-4H3,(H,21,22). The summed E-state index contributed by atoms with van der Waals surface area (Å²) < 4.78 is 44.6. The number of halogens is 3. The summed E-state index contributed by atoms with van der Waals surface area (Å²) in [4.78, 5) is 11.7. The van der Waals surface area contributed by atoms with Crippen molar-refractivity contribution in [2.75, 3.05) is 13.1 Å². The van der Waals surface area contributed by atoms with Crippen molar-refractivity contribution in [3.8, 4) is 0 Å². The molecular formula is C16H23F3N2O2. The van der Waals surface area contributed by atoms with Gasteiger partial charge in [-0.05, 0) is 32.4 Å². The molecule has 1 atom stereocenters. The van der Waals surface area contributed by atoms with E-state index in [2.05, 4.69) is 5.32 Å². The lowest BCUT2D eigenvalue weighted by Gasteiger charge is -2.32. The molecule has 0 fully saturated rings. The third-order valence-electron chi connectivity index (χ3n) is 3.36. The number of nitrogens with one attached hydrogen (secondary N) is 1. The molecule has 1 amide bonds. The zero-order chi connectivity index (χ0) is 17.9. The highest BCUT2D eigenvalue weighted by atomic mass is 19.4. The van der Waals surface area contributed by atoms with Gasteiger partial charge in [-0.25, -0.2) is 4.79 Å². The van der Waals surface area contributed by atoms with Crippen LogP contribution in [0.5, 0.6) is 0 Å². The topological polar surface area (TPSA) is 64.3 Å². The summed E-state index contributed by atoms with van der Waals surface area (Å²) in [6.45, 7) is 6.56. The summed E-state index contributed by atoms with van der Waals surface area (Å²) in [5.41, 5.74) is 3.25. The number of alkyl carbamates (subject to hydrolysis) is 1. The van der Waals surface area contributed by atoms with Gasteiger partial charge < -0.3 is 15.8 Å². The van der Waals surface area contributed by atoms with Gasteiger partial charge in [-0.2, -0.15) is 13.2 Å². The molecule has 0 saturated carbocycles. The predicted octanol–water partition coefficient (Wildman–Crippen LogP) is 3.45. The number of ether oxygens (including phenoxy) is 1. The summed E-state index contributed by atoms with van der Waals surface area (Å²) in [7, 11) is 0. The predicted molar refractivity (Wildman–Crippen MR) is 82.1 cm³/mol. The third-order valence-corrected chi connectivity index (χ3v) is 3.36. The first-order valence-electron chi connectivity index (χ1n) is 7.23. The van der Waals surface area contributed by atoms with Gasteiger partial charge in [0, 0.05) is 18.5 Å². The van der Waals surface area contributed by atoms with Crippen molar-refractivity contribution in [3.05, 3.63) is 35.4 Å². The van der Waals surface area contributed by atoms with Crippen LogP contribution in [0.15, 0.2) is 24.3 Å². The van der Waals surface area contributed by atoms with Crippen molar-refractivity contribution < 1.29 is 22.7 Å². The molecule has 130 valence electrons. The van der Waals surface area contributed by atoms with Gasteiger partial charge in [0.15, 0.2) is 0 Å². The number of hydrogen-bond donors (Lipinski definition) is 2. The van der Waals surface area contributed by atoms with Gasteiger partial charge in [0.25, 0.3) is 0 Å². The van der Waals surface area contributed by atoms with Crippen LogP contribution in [0, 0.1) is 0 Å². The minimum atomic E-state index is -4.49. The van der Waals surface area contributed by atoms with Crippen molar-refractivity contribution in [3.63, 3.8) is 0 Å². The zero-order valence-corrected chi connectivity index (χ0v) is 13.8. The quantitative estimate of drug-likeness (QED) is 0.888. The van der Waals surface area contributed by atoms with E-state index in [0.29, 0.717) is 0 Å². The van der Waals surface area contributed by atoms with E-state index in [1.54, 1.807) is 27.7 Å². The number of alkyl halides is 3. The Morgan fingerprint density at radius 3 is 2.09 bits per heavy atom. The average Bonchev–Trinajstić information content (AvgIpc) is 2.42. The first-order valence-corrected chi connectivity index (χ1v) is 7.23. The van der Waals surface area contributed by atoms with Crippen LogP contribution in [-0.4, -0.2) is 24.8 Å². The van der Waals surface area contributed by atoms with Crippen LogP contribution in [0.25, 0.3) is 0 Å². The van der Waals surface area contributed by atoms with Crippen LogP contribution in [0.3, 0.4) is 0 Å². The van der Waals surface area contributed by atoms with Crippen molar-refractivity contribution in [1.82, 2.24) is 5.32 Å². The molecule has 3 N–H and O–H groups in total. The van der Waals surface area contributed by atoms with Gasteiger partial charge in [0.05, 0.1) is 5.56 Å². The smallest absolute Gasteiger partial charge is 0.416 e. The molecule has 0 bridgehead atoms. The van der Waals surface area contributed by atoms with Crippen molar-refractivity contribution >= 4 is 6.09 Å². The molecule has 0 radical (unpaired) electrons. The van der Waals surface area contributed by atoms with Crippen LogP contribution < -0.4 is 11.1 Å². The van der Waals surface area contributed by atoms with Crippen molar-refractivity contribution in [1.29, 1.82) is 0 Å². The number of carbonyl (C=O) groups excluding carboxylic acids is 1. The molecule has 0 aromatic heterocycles. The Bertz CT molecular complexity index is 553. The van der Waals surface area contributed by atoms with Gasteiger partial charge in [-0.3, -0.25) is 0 Å². The summed E-state index contributed by atoms with van der Waals surface area (Å²) in [6.07, 6.45) is -5.18. The van der Waals surface area contributed by atoms with Crippen molar-refractivity contribution in [2.45, 2.75) is 44.9 Å². The van der Waals surface area contributed by atoms with E-state index in [0.717, 1.165) is 6.07 Å². The number of nitrogens with two attached hydrogens (primary N) is 1. The molecule has 0 spiro atoms. The summed E-state index contributed by atoms with van der Waals surface area (Å²) in [6, 6.07) is 5.24. The average molecular weight is 332 g/mol. The van der Waals surface area contributed by atoms with E-state index in [9.17, 15) is 18.0 Å². The Hall–Kier alpha value is -1.76. The lowest BCUT2D eigenvalue weighted by molar-refractivity contribution is -0.138. The lowest BCUT2D eigenvalue weighted by atomic mass is 9.79. The Balaban J connectivity index is 3.01. The Morgan fingerprint density at radius 2 is 1.65 bits per heavy atom. The summed E-state index contributed by atoms with van der Waals surface area (Å²) in [5.74, 6) is 0. The maximum Gasteiger partial charge on any atom is 0.416 e. The maximum atomic E-state index is 13.2. The molecule has 1 aromatic carbocycles. The Kier molecular flexibility index (Phi) is 5.69. The van der Waals surface area contributed by atoms with Crippen LogP contribution in [0.2, 0.25) is 0 Å². The highest BCUT2D eigenvalue weighted by Gasteiger charge is 2.39. The van der Waals surface area contributed by atoms with Crippen molar-refractivity contribution in [2.24, 2.45) is 5.73 Å². The van der Waals surface area contributed by atoms with Crippen LogP contribution >= 0.6 is 0 Å². The second-order valence-corrected chi connectivity index (χ2v) is 6.66. The number of carbonyl (C=O) groups is 1. The Morgan fingerprint density at radius 1 is 1.13 bits per heavy atom. The molecular weight excluding hydrogens is 309 g/mol. The molecule has 0 heterocycles. The largest absolute Gasteiger partial charge is 0.444 e. The first kappa shape index (κ1) is 19.3. The molecule has 1 aromatic rings. The van der Waals surface area contributed by atoms with Gasteiger partial charge in [-0.15, -0.1) is 0 Å². The molecule has 0 aliphatic rings. The van der Waals surface area contributed by atoms with Gasteiger partial charge >= 0.3 is 12.3 Å². The molecule has 0 aliphatic carbocycles. The first-order chi connectivity index (χ1) is 10.4. The zero-order valence-electron chi connectivity index (χ0n) is 13.8. The SMILES string of the molecule is CC(C)(C)OC(=O)NCC(C)(CN)c1ccccc1C(F)(F)F. The number of amides is 1. The summed E-state index contributed by atoms with van der Waals surface area (Å²) in [5, 5.41) is 2.50. The monoisotopic (exact) mass is 332 g/mol. The fraction of sp³-hybridized carbons (Fsp3) is 0.562. The lowest BCUT2D eigenvalue weighted by Crippen LogP contribution is -2.46. The third kappa shape index (κ3) is 5.42. The normalized spacial score (nSPS) is 15.0. The molecule has 0 aliphatic heterocycles. The highest BCUT2D eigenvalue weighted by Crippen LogP contribution is 2.37. The minimum absolute atomic E-state index is 0.0473. The van der Waals surface area contributed by atoms with E-state index < -0.39 is 28.8 Å². The number of benzene rings is 1. The minimum Gasteiger partial charge on any atom is -0.444 e. The fourth-order valence-electron chi connectivity index (χ4n) is 2.12. The van der Waals surface area contributed by atoms with Gasteiger partial charge in [0.2, 0.25) is 0 Å². The fourth-order valence-corrected chi connectivity index (χ4v) is 2.12. The van der Waals surface area contributed by atoms with E-state index >= 15 is 0 Å². The summed E-state index contributed by atoms with van der Waals surface area (Å²) >= 11 is 0. The number of rotatable bonds is 4. The van der Waals surface area contributed by atoms with Crippen LogP contribution in [-0.2, 0) is 16.3 Å². The van der Waals surface area contributed by atoms with E-state index in [1.165, 1.54) is 18.2 Å². The van der Waals surface area contributed by atoms with Crippen LogP contribution in [0.1, 0.15) is 38.8 Å². The molecule has 1 unspecified atom stereocenters. The Labute approximate surface area is 134 Å². The molecule has 4 nitrogen and oxygen atoms in total. The maximum absolute atomic E-state index is 13.2. The second kappa shape index (κ2) is 6.78.